The molecule has 3 atom stereocenters. The van der Waals surface area contributed by atoms with Crippen LogP contribution < -0.4 is 5.32 Å². The van der Waals surface area contributed by atoms with Crippen molar-refractivity contribution < 1.29 is 9.84 Å². The summed E-state index contributed by atoms with van der Waals surface area (Å²) in [6.07, 6.45) is 2.35. The highest BCUT2D eigenvalue weighted by Gasteiger charge is 2.40. The third-order valence-corrected chi connectivity index (χ3v) is 5.56. The Labute approximate surface area is 150 Å². The lowest BCUT2D eigenvalue weighted by Crippen LogP contribution is -2.36. The predicted octanol–water partition coefficient (Wildman–Crippen LogP) is 5.32. The first-order valence-electron chi connectivity index (χ1n) is 9.25. The predicted molar refractivity (Wildman–Crippen MR) is 101 cm³/mol. The third-order valence-electron chi connectivity index (χ3n) is 5.56. The van der Waals surface area contributed by atoms with Gasteiger partial charge in [-0.25, -0.2) is 0 Å². The Balaban J connectivity index is 1.78. The Bertz CT molecular complexity index is 778. The number of ether oxygens (including phenoxy) is 1. The highest BCUT2D eigenvalue weighted by Crippen LogP contribution is 2.50. The molecule has 132 valence electrons. The van der Waals surface area contributed by atoms with Gasteiger partial charge >= 0.3 is 0 Å². The molecule has 0 amide bonds. The van der Waals surface area contributed by atoms with Crippen LogP contribution in [0.1, 0.15) is 62.4 Å². The van der Waals surface area contributed by atoms with Crippen LogP contribution in [0.5, 0.6) is 5.75 Å². The minimum Gasteiger partial charge on any atom is -0.508 e. The highest BCUT2D eigenvalue weighted by atomic mass is 16.5. The fourth-order valence-corrected chi connectivity index (χ4v) is 4.19. The molecule has 25 heavy (non-hydrogen) atoms. The van der Waals surface area contributed by atoms with Crippen LogP contribution in [0.3, 0.4) is 0 Å². The average Bonchev–Trinajstić information content (AvgIpc) is 2.60. The number of anilines is 1. The number of phenolic OH excluding ortho intramolecular Hbond substituents is 1. The SMILES string of the molecule is CC(C)(C)c1ccc2c(c1)C1OCCC[C@@H]1[C@@H](c1cccc(O)c1)N2. The van der Waals surface area contributed by atoms with Crippen LogP contribution in [0.2, 0.25) is 0 Å². The van der Waals surface area contributed by atoms with Crippen molar-refractivity contribution in [2.45, 2.75) is 51.2 Å². The molecule has 2 aromatic carbocycles. The topological polar surface area (TPSA) is 41.5 Å². The lowest BCUT2D eigenvalue weighted by Gasteiger charge is -2.44. The second kappa shape index (κ2) is 6.06. The Morgan fingerprint density at radius 2 is 1.96 bits per heavy atom. The smallest absolute Gasteiger partial charge is 0.115 e. The van der Waals surface area contributed by atoms with Crippen molar-refractivity contribution in [2.75, 3.05) is 11.9 Å². The molecule has 0 aromatic heterocycles. The zero-order valence-corrected chi connectivity index (χ0v) is 15.3. The largest absolute Gasteiger partial charge is 0.508 e. The third kappa shape index (κ3) is 3.02. The molecule has 2 N–H and O–H groups in total. The molecule has 1 unspecified atom stereocenters. The van der Waals surface area contributed by atoms with E-state index in [1.807, 2.05) is 12.1 Å². The zero-order chi connectivity index (χ0) is 17.6. The van der Waals surface area contributed by atoms with E-state index in [1.54, 1.807) is 6.07 Å². The minimum atomic E-state index is 0.125. The monoisotopic (exact) mass is 337 g/mol. The maximum atomic E-state index is 9.90. The number of benzene rings is 2. The molecule has 3 heteroatoms. The summed E-state index contributed by atoms with van der Waals surface area (Å²) in [6.45, 7) is 7.58. The van der Waals surface area contributed by atoms with E-state index in [9.17, 15) is 5.11 Å². The number of rotatable bonds is 1. The van der Waals surface area contributed by atoms with Crippen molar-refractivity contribution in [3.05, 3.63) is 59.2 Å². The summed E-state index contributed by atoms with van der Waals surface area (Å²) in [7, 11) is 0. The molecule has 0 saturated carbocycles. The number of fused-ring (bicyclic) bond motifs is 3. The van der Waals surface area contributed by atoms with Crippen LogP contribution in [0, 0.1) is 5.92 Å². The van der Waals surface area contributed by atoms with Gasteiger partial charge < -0.3 is 15.2 Å². The minimum absolute atomic E-state index is 0.125. The Kier molecular flexibility index (Phi) is 3.99. The van der Waals surface area contributed by atoms with Crippen LogP contribution in [-0.2, 0) is 10.2 Å². The number of hydrogen-bond acceptors (Lipinski definition) is 3. The van der Waals surface area contributed by atoms with Crippen LogP contribution in [0.4, 0.5) is 5.69 Å². The lowest BCUT2D eigenvalue weighted by molar-refractivity contribution is -0.0382. The van der Waals surface area contributed by atoms with Gasteiger partial charge in [0.15, 0.2) is 0 Å². The highest BCUT2D eigenvalue weighted by molar-refractivity contribution is 5.59. The van der Waals surface area contributed by atoms with Gasteiger partial charge in [-0.15, -0.1) is 0 Å². The van der Waals surface area contributed by atoms with E-state index in [0.29, 0.717) is 11.7 Å². The maximum Gasteiger partial charge on any atom is 0.115 e. The summed E-state index contributed by atoms with van der Waals surface area (Å²) in [5, 5.41) is 13.6. The normalized spacial score (nSPS) is 25.6. The molecule has 0 bridgehead atoms. The molecule has 1 fully saturated rings. The van der Waals surface area contributed by atoms with E-state index >= 15 is 0 Å². The molecule has 0 spiro atoms. The number of aromatic hydroxyl groups is 1. The standard InChI is InChI=1S/C22H27NO2/c1-22(2,3)15-9-10-19-18(13-15)21-17(8-5-11-25-21)20(23-19)14-6-4-7-16(24)12-14/h4,6-7,9-10,12-13,17,20-21,23-24H,5,8,11H2,1-3H3/t17-,20-,21?/m1/s1. The van der Waals surface area contributed by atoms with Gasteiger partial charge in [-0.1, -0.05) is 45.0 Å². The molecular formula is C22H27NO2. The molecule has 1 saturated heterocycles. The fraction of sp³-hybridized carbons (Fsp3) is 0.455. The first-order valence-corrected chi connectivity index (χ1v) is 9.25. The number of phenols is 1. The number of hydrogen-bond donors (Lipinski definition) is 2. The molecule has 2 heterocycles. The van der Waals surface area contributed by atoms with Gasteiger partial charge in [0.1, 0.15) is 5.75 Å². The van der Waals surface area contributed by atoms with E-state index in [2.05, 4.69) is 50.4 Å². The summed E-state index contributed by atoms with van der Waals surface area (Å²) in [5.41, 5.74) is 5.04. The van der Waals surface area contributed by atoms with Crippen LogP contribution in [0.25, 0.3) is 0 Å². The zero-order valence-electron chi connectivity index (χ0n) is 15.3. The van der Waals surface area contributed by atoms with Crippen molar-refractivity contribution in [3.63, 3.8) is 0 Å². The Morgan fingerprint density at radius 1 is 1.12 bits per heavy atom. The molecular weight excluding hydrogens is 310 g/mol. The van der Waals surface area contributed by atoms with E-state index < -0.39 is 0 Å². The Morgan fingerprint density at radius 3 is 2.72 bits per heavy atom. The van der Waals surface area contributed by atoms with E-state index in [1.165, 1.54) is 11.1 Å². The van der Waals surface area contributed by atoms with Gasteiger partial charge in [0.25, 0.3) is 0 Å². The van der Waals surface area contributed by atoms with Crippen molar-refractivity contribution >= 4 is 5.69 Å². The van der Waals surface area contributed by atoms with Crippen molar-refractivity contribution in [1.29, 1.82) is 0 Å². The van der Waals surface area contributed by atoms with Crippen molar-refractivity contribution in [1.82, 2.24) is 0 Å². The maximum absolute atomic E-state index is 9.90. The van der Waals surface area contributed by atoms with E-state index in [4.69, 9.17) is 4.74 Å². The van der Waals surface area contributed by atoms with Crippen LogP contribution in [0.15, 0.2) is 42.5 Å². The summed E-state index contributed by atoms with van der Waals surface area (Å²) >= 11 is 0. The molecule has 4 rings (SSSR count). The summed E-state index contributed by atoms with van der Waals surface area (Å²) in [5.74, 6) is 0.708. The van der Waals surface area contributed by atoms with Gasteiger partial charge in [-0.3, -0.25) is 0 Å². The lowest BCUT2D eigenvalue weighted by atomic mass is 9.76. The van der Waals surface area contributed by atoms with Crippen LogP contribution >= 0.6 is 0 Å². The fourth-order valence-electron chi connectivity index (χ4n) is 4.19. The summed E-state index contributed by atoms with van der Waals surface area (Å²) in [4.78, 5) is 0. The summed E-state index contributed by atoms with van der Waals surface area (Å²) in [6, 6.07) is 14.5. The molecule has 3 nitrogen and oxygen atoms in total. The van der Waals surface area contributed by atoms with E-state index in [-0.39, 0.29) is 17.6 Å². The van der Waals surface area contributed by atoms with Crippen LogP contribution in [-0.4, -0.2) is 11.7 Å². The van der Waals surface area contributed by atoms with E-state index in [0.717, 1.165) is 30.7 Å². The van der Waals surface area contributed by atoms with Gasteiger partial charge in [-0.2, -0.15) is 0 Å². The molecule has 0 aliphatic carbocycles. The quantitative estimate of drug-likeness (QED) is 0.739. The van der Waals surface area contributed by atoms with Gasteiger partial charge in [-0.05, 0) is 47.6 Å². The van der Waals surface area contributed by atoms with Gasteiger partial charge in [0.2, 0.25) is 0 Å². The molecule has 2 aliphatic rings. The van der Waals surface area contributed by atoms with Gasteiger partial charge in [0, 0.05) is 23.8 Å². The average molecular weight is 337 g/mol. The Hall–Kier alpha value is -2.00. The van der Waals surface area contributed by atoms with Crippen molar-refractivity contribution in [2.24, 2.45) is 5.92 Å². The van der Waals surface area contributed by atoms with Crippen molar-refractivity contribution in [3.8, 4) is 5.75 Å². The molecule has 2 aromatic rings. The molecule has 0 radical (unpaired) electrons. The molecule has 2 aliphatic heterocycles. The first kappa shape index (κ1) is 16.5. The number of nitrogens with one attached hydrogen (secondary N) is 1. The second-order valence-electron chi connectivity index (χ2n) is 8.37. The first-order chi connectivity index (χ1) is 11.9. The summed E-state index contributed by atoms with van der Waals surface area (Å²) < 4.78 is 6.26. The second-order valence-corrected chi connectivity index (χ2v) is 8.37. The van der Waals surface area contributed by atoms with Gasteiger partial charge in [0.05, 0.1) is 12.1 Å².